The van der Waals surface area contributed by atoms with Gasteiger partial charge in [-0.05, 0) is 55.8 Å². The van der Waals surface area contributed by atoms with E-state index < -0.39 is 17.7 Å². The molecule has 1 aromatic carbocycles. The Morgan fingerprint density at radius 3 is 2.64 bits per heavy atom. The molecule has 0 spiro atoms. The summed E-state index contributed by atoms with van der Waals surface area (Å²) in [7, 11) is 0. The van der Waals surface area contributed by atoms with E-state index in [0.717, 1.165) is 18.9 Å². The molecular weight excluding hydrogens is 295 g/mol. The van der Waals surface area contributed by atoms with Crippen molar-refractivity contribution in [2.75, 3.05) is 6.54 Å². The van der Waals surface area contributed by atoms with E-state index in [9.17, 15) is 18.0 Å². The molecule has 1 atom stereocenters. The van der Waals surface area contributed by atoms with Crippen molar-refractivity contribution in [1.29, 1.82) is 0 Å². The largest absolute Gasteiger partial charge is 0.481 e. The van der Waals surface area contributed by atoms with Gasteiger partial charge in [0.1, 0.15) is 0 Å². The van der Waals surface area contributed by atoms with Crippen molar-refractivity contribution in [1.82, 2.24) is 5.32 Å². The molecule has 122 valence electrons. The summed E-state index contributed by atoms with van der Waals surface area (Å²) in [4.78, 5) is 10.4. The molecule has 0 radical (unpaired) electrons. The van der Waals surface area contributed by atoms with Crippen LogP contribution in [0.1, 0.15) is 49.3 Å². The van der Waals surface area contributed by atoms with E-state index in [2.05, 4.69) is 5.32 Å². The summed E-state index contributed by atoms with van der Waals surface area (Å²) in [6, 6.07) is 5.39. The van der Waals surface area contributed by atoms with Crippen LogP contribution >= 0.6 is 0 Å². The Morgan fingerprint density at radius 1 is 1.32 bits per heavy atom. The smallest absolute Gasteiger partial charge is 0.416 e. The Kier molecular flexibility index (Phi) is 5.45. The maximum absolute atomic E-state index is 12.8. The van der Waals surface area contributed by atoms with Crippen molar-refractivity contribution in [2.24, 2.45) is 5.92 Å². The number of hydrogen-bond donors (Lipinski definition) is 2. The van der Waals surface area contributed by atoms with Crippen LogP contribution in [-0.4, -0.2) is 17.6 Å². The Morgan fingerprint density at radius 2 is 2.05 bits per heavy atom. The topological polar surface area (TPSA) is 49.3 Å². The zero-order valence-corrected chi connectivity index (χ0v) is 12.2. The van der Waals surface area contributed by atoms with E-state index in [-0.39, 0.29) is 12.5 Å². The molecule has 0 aliphatic heterocycles. The van der Waals surface area contributed by atoms with Crippen LogP contribution in [0, 0.1) is 5.92 Å². The number of alkyl halides is 3. The van der Waals surface area contributed by atoms with Crippen LogP contribution in [0.3, 0.4) is 0 Å². The minimum Gasteiger partial charge on any atom is -0.481 e. The fraction of sp³-hybridized carbons (Fsp3) is 0.562. The van der Waals surface area contributed by atoms with Crippen LogP contribution in [0.25, 0.3) is 0 Å². The first-order chi connectivity index (χ1) is 10.4. The Hall–Kier alpha value is -1.56. The molecule has 1 unspecified atom stereocenters. The van der Waals surface area contributed by atoms with Gasteiger partial charge in [-0.1, -0.05) is 12.1 Å². The highest BCUT2D eigenvalue weighted by Crippen LogP contribution is 2.42. The number of rotatable bonds is 8. The first kappa shape index (κ1) is 16.8. The zero-order chi connectivity index (χ0) is 16.2. The van der Waals surface area contributed by atoms with Gasteiger partial charge in [0.15, 0.2) is 0 Å². The summed E-state index contributed by atoms with van der Waals surface area (Å²) in [6.07, 6.45) is -0.895. The summed E-state index contributed by atoms with van der Waals surface area (Å²) in [5, 5.41) is 11.9. The lowest BCUT2D eigenvalue weighted by atomic mass is 9.99. The molecule has 1 fully saturated rings. The van der Waals surface area contributed by atoms with Crippen LogP contribution in [0.2, 0.25) is 0 Å². The molecule has 1 aliphatic carbocycles. The van der Waals surface area contributed by atoms with Crippen molar-refractivity contribution in [3.63, 3.8) is 0 Å². The normalized spacial score (nSPS) is 16.5. The van der Waals surface area contributed by atoms with E-state index in [4.69, 9.17) is 5.11 Å². The van der Waals surface area contributed by atoms with Crippen molar-refractivity contribution < 1.29 is 23.1 Å². The quantitative estimate of drug-likeness (QED) is 0.713. The molecule has 2 N–H and O–H groups in total. The first-order valence-electron chi connectivity index (χ1n) is 7.50. The van der Waals surface area contributed by atoms with E-state index in [1.54, 1.807) is 6.07 Å². The fourth-order valence-electron chi connectivity index (χ4n) is 2.55. The molecular formula is C16H20F3NO2. The summed E-state index contributed by atoms with van der Waals surface area (Å²) in [5.74, 6) is -0.445. The van der Waals surface area contributed by atoms with Gasteiger partial charge < -0.3 is 10.4 Å². The molecule has 1 saturated carbocycles. The van der Waals surface area contributed by atoms with Gasteiger partial charge in [0.25, 0.3) is 0 Å². The number of carboxylic acid groups (broad SMARTS) is 1. The fourth-order valence-corrected chi connectivity index (χ4v) is 2.55. The maximum atomic E-state index is 12.8. The SMILES string of the molecule is O=C(O)CCCCNC(c1cccc(C(F)(F)F)c1)C1CC1. The van der Waals surface area contributed by atoms with Crippen LogP contribution in [0.15, 0.2) is 24.3 Å². The number of hydrogen-bond acceptors (Lipinski definition) is 2. The number of benzene rings is 1. The molecule has 0 amide bonds. The van der Waals surface area contributed by atoms with E-state index >= 15 is 0 Å². The average Bonchev–Trinajstić information content (AvgIpc) is 3.26. The van der Waals surface area contributed by atoms with E-state index in [1.807, 2.05) is 0 Å². The summed E-state index contributed by atoms with van der Waals surface area (Å²) < 4.78 is 38.4. The van der Waals surface area contributed by atoms with Gasteiger partial charge in [0.2, 0.25) is 0 Å². The summed E-state index contributed by atoms with van der Waals surface area (Å²) in [5.41, 5.74) is 0.0406. The number of carboxylic acids is 1. The van der Waals surface area contributed by atoms with Crippen molar-refractivity contribution in [3.05, 3.63) is 35.4 Å². The standard InChI is InChI=1S/C16H20F3NO2/c17-16(18,19)13-5-3-4-12(10-13)15(11-7-8-11)20-9-2-1-6-14(21)22/h3-5,10-11,15,20H,1-2,6-9H2,(H,21,22). The summed E-state index contributed by atoms with van der Waals surface area (Å²) in [6.45, 7) is 0.616. The highest BCUT2D eigenvalue weighted by molar-refractivity contribution is 5.66. The number of halogens is 3. The lowest BCUT2D eigenvalue weighted by Gasteiger charge is -2.20. The molecule has 0 heterocycles. The number of carbonyl (C=O) groups is 1. The molecule has 0 aromatic heterocycles. The Balaban J connectivity index is 1.95. The van der Waals surface area contributed by atoms with E-state index in [1.165, 1.54) is 12.1 Å². The average molecular weight is 315 g/mol. The van der Waals surface area contributed by atoms with Crippen molar-refractivity contribution in [3.8, 4) is 0 Å². The Bertz CT molecular complexity index is 512. The van der Waals surface area contributed by atoms with Gasteiger partial charge in [0.05, 0.1) is 5.56 Å². The molecule has 0 bridgehead atoms. The third kappa shape index (κ3) is 5.02. The lowest BCUT2D eigenvalue weighted by Crippen LogP contribution is -2.24. The second-order valence-electron chi connectivity index (χ2n) is 5.74. The monoisotopic (exact) mass is 315 g/mol. The number of unbranched alkanes of at least 4 members (excludes halogenated alkanes) is 1. The predicted molar refractivity (Wildman–Crippen MR) is 76.4 cm³/mol. The number of aliphatic carboxylic acids is 1. The van der Waals surface area contributed by atoms with Crippen LogP contribution in [0.5, 0.6) is 0 Å². The van der Waals surface area contributed by atoms with Gasteiger partial charge in [-0.15, -0.1) is 0 Å². The zero-order valence-electron chi connectivity index (χ0n) is 12.2. The highest BCUT2D eigenvalue weighted by Gasteiger charge is 2.34. The van der Waals surface area contributed by atoms with Crippen molar-refractivity contribution >= 4 is 5.97 Å². The van der Waals surface area contributed by atoms with Gasteiger partial charge in [-0.3, -0.25) is 4.79 Å². The van der Waals surface area contributed by atoms with Gasteiger partial charge in [-0.25, -0.2) is 0 Å². The third-order valence-corrected chi connectivity index (χ3v) is 3.85. The van der Waals surface area contributed by atoms with Crippen LogP contribution in [-0.2, 0) is 11.0 Å². The van der Waals surface area contributed by atoms with E-state index in [0.29, 0.717) is 30.9 Å². The highest BCUT2D eigenvalue weighted by atomic mass is 19.4. The lowest BCUT2D eigenvalue weighted by molar-refractivity contribution is -0.138. The molecule has 3 nitrogen and oxygen atoms in total. The minimum atomic E-state index is -4.33. The molecule has 6 heteroatoms. The van der Waals surface area contributed by atoms with Gasteiger partial charge in [-0.2, -0.15) is 13.2 Å². The maximum Gasteiger partial charge on any atom is 0.416 e. The molecule has 0 saturated heterocycles. The third-order valence-electron chi connectivity index (χ3n) is 3.85. The number of nitrogens with one attached hydrogen (secondary N) is 1. The minimum absolute atomic E-state index is 0.0767. The van der Waals surface area contributed by atoms with Gasteiger partial charge >= 0.3 is 12.1 Å². The second-order valence-corrected chi connectivity index (χ2v) is 5.74. The summed E-state index contributed by atoms with van der Waals surface area (Å²) >= 11 is 0. The van der Waals surface area contributed by atoms with Crippen LogP contribution in [0.4, 0.5) is 13.2 Å². The predicted octanol–water partition coefficient (Wildman–Crippen LogP) is 4.00. The second kappa shape index (κ2) is 7.13. The Labute approximate surface area is 127 Å². The van der Waals surface area contributed by atoms with Crippen LogP contribution < -0.4 is 5.32 Å². The molecule has 2 rings (SSSR count). The first-order valence-corrected chi connectivity index (χ1v) is 7.50. The molecule has 1 aliphatic rings. The van der Waals surface area contributed by atoms with Crippen molar-refractivity contribution in [2.45, 2.75) is 44.3 Å². The molecule has 22 heavy (non-hydrogen) atoms. The molecule has 1 aromatic rings. The van der Waals surface area contributed by atoms with Gasteiger partial charge in [0, 0.05) is 12.5 Å².